The molecule has 0 aliphatic carbocycles. The molecule has 1 unspecified atom stereocenters. The van der Waals surface area contributed by atoms with Crippen LogP contribution in [0.25, 0.3) is 0 Å². The number of carbonyl (C=O) groups excluding carboxylic acids is 1. The number of hydrogen-bond acceptors (Lipinski definition) is 3. The molecule has 1 aliphatic heterocycles. The molecule has 98 valence electrons. The summed E-state index contributed by atoms with van der Waals surface area (Å²) < 4.78 is 5.27. The average molecular weight is 270 g/mol. The molecule has 1 saturated heterocycles. The predicted octanol–water partition coefficient (Wildman–Crippen LogP) is 2.20. The Morgan fingerprint density at radius 3 is 3.11 bits per heavy atom. The lowest BCUT2D eigenvalue weighted by Gasteiger charge is -2.09. The lowest BCUT2D eigenvalue weighted by Crippen LogP contribution is -2.26. The topological polar surface area (TPSA) is 58.6 Å². The second kappa shape index (κ2) is 6.07. The van der Waals surface area contributed by atoms with E-state index in [2.05, 4.69) is 5.32 Å². The summed E-state index contributed by atoms with van der Waals surface area (Å²) in [6.45, 7) is 2.19. The van der Waals surface area contributed by atoms with Gasteiger partial charge in [0.15, 0.2) is 0 Å². The van der Waals surface area contributed by atoms with E-state index in [4.69, 9.17) is 16.3 Å². The first-order chi connectivity index (χ1) is 8.66. The van der Waals surface area contributed by atoms with Crippen LogP contribution in [0.3, 0.4) is 0 Å². The average Bonchev–Trinajstić information content (AvgIpc) is 2.85. The number of halogens is 1. The van der Waals surface area contributed by atoms with E-state index in [1.165, 1.54) is 18.2 Å². The van der Waals surface area contributed by atoms with Crippen molar-refractivity contribution in [3.63, 3.8) is 0 Å². The number of benzene rings is 1. The standard InChI is InChI=1S/C13H16ClNO3/c14-12-2-1-10(16)7-11(12)13(17)15-5-3-9-4-6-18-8-9/h1-2,7,9,16H,3-6,8H2,(H,15,17). The number of phenols is 1. The third-order valence-corrected chi connectivity index (χ3v) is 3.39. The van der Waals surface area contributed by atoms with E-state index >= 15 is 0 Å². The van der Waals surface area contributed by atoms with E-state index in [-0.39, 0.29) is 11.7 Å². The second-order valence-corrected chi connectivity index (χ2v) is 4.85. The van der Waals surface area contributed by atoms with Gasteiger partial charge in [-0.1, -0.05) is 11.6 Å². The number of rotatable bonds is 4. The molecule has 0 bridgehead atoms. The van der Waals surface area contributed by atoms with Gasteiger partial charge in [-0.3, -0.25) is 4.79 Å². The SMILES string of the molecule is O=C(NCCC1CCOC1)c1cc(O)ccc1Cl. The summed E-state index contributed by atoms with van der Waals surface area (Å²) in [4.78, 5) is 11.9. The largest absolute Gasteiger partial charge is 0.508 e. The molecule has 1 heterocycles. The zero-order chi connectivity index (χ0) is 13.0. The summed E-state index contributed by atoms with van der Waals surface area (Å²) in [6, 6.07) is 4.34. The normalized spacial score (nSPS) is 18.8. The molecule has 5 heteroatoms. The van der Waals surface area contributed by atoms with E-state index < -0.39 is 0 Å². The van der Waals surface area contributed by atoms with Crippen molar-refractivity contribution < 1.29 is 14.6 Å². The quantitative estimate of drug-likeness (QED) is 0.881. The van der Waals surface area contributed by atoms with Crippen molar-refractivity contribution in [2.24, 2.45) is 5.92 Å². The Kier molecular flexibility index (Phi) is 4.44. The van der Waals surface area contributed by atoms with Crippen LogP contribution in [-0.2, 0) is 4.74 Å². The molecule has 1 aromatic carbocycles. The fourth-order valence-corrected chi connectivity index (χ4v) is 2.19. The van der Waals surface area contributed by atoms with Gasteiger partial charge in [-0.25, -0.2) is 0 Å². The van der Waals surface area contributed by atoms with Gasteiger partial charge in [-0.05, 0) is 37.0 Å². The molecule has 0 spiro atoms. The molecular formula is C13H16ClNO3. The van der Waals surface area contributed by atoms with Gasteiger partial charge in [0.25, 0.3) is 5.91 Å². The van der Waals surface area contributed by atoms with E-state index in [0.29, 0.717) is 23.0 Å². The molecule has 0 aromatic heterocycles. The fraction of sp³-hybridized carbons (Fsp3) is 0.462. The summed E-state index contributed by atoms with van der Waals surface area (Å²) in [5.41, 5.74) is 0.305. The molecular weight excluding hydrogens is 254 g/mol. The second-order valence-electron chi connectivity index (χ2n) is 4.44. The van der Waals surface area contributed by atoms with Gasteiger partial charge in [-0.2, -0.15) is 0 Å². The highest BCUT2D eigenvalue weighted by Gasteiger charge is 2.16. The van der Waals surface area contributed by atoms with Crippen LogP contribution in [0.4, 0.5) is 0 Å². The van der Waals surface area contributed by atoms with E-state index in [0.717, 1.165) is 26.1 Å². The Hall–Kier alpha value is -1.26. The number of nitrogens with one attached hydrogen (secondary N) is 1. The van der Waals surface area contributed by atoms with Crippen molar-refractivity contribution in [3.8, 4) is 5.75 Å². The van der Waals surface area contributed by atoms with E-state index in [1.54, 1.807) is 0 Å². The van der Waals surface area contributed by atoms with Gasteiger partial charge in [0, 0.05) is 19.8 Å². The maximum atomic E-state index is 11.9. The maximum absolute atomic E-state index is 11.9. The molecule has 18 heavy (non-hydrogen) atoms. The first-order valence-corrected chi connectivity index (χ1v) is 6.39. The third kappa shape index (κ3) is 3.37. The molecule has 2 rings (SSSR count). The predicted molar refractivity (Wildman–Crippen MR) is 69.0 cm³/mol. The highest BCUT2D eigenvalue weighted by molar-refractivity contribution is 6.33. The summed E-state index contributed by atoms with van der Waals surface area (Å²) >= 11 is 5.91. The lowest BCUT2D eigenvalue weighted by atomic mass is 10.1. The third-order valence-electron chi connectivity index (χ3n) is 3.06. The molecule has 4 nitrogen and oxygen atoms in total. The van der Waals surface area contributed by atoms with Crippen molar-refractivity contribution in [1.29, 1.82) is 0 Å². The molecule has 1 aliphatic rings. The van der Waals surface area contributed by atoms with Gasteiger partial charge < -0.3 is 15.2 Å². The molecule has 0 radical (unpaired) electrons. The van der Waals surface area contributed by atoms with Crippen LogP contribution in [0.2, 0.25) is 5.02 Å². The Balaban J connectivity index is 1.85. The minimum atomic E-state index is -0.255. The van der Waals surface area contributed by atoms with Crippen LogP contribution in [0.5, 0.6) is 5.75 Å². The first kappa shape index (κ1) is 13.2. The Labute approximate surface area is 111 Å². The summed E-state index contributed by atoms with van der Waals surface area (Å²) in [5, 5.41) is 12.5. The number of phenolic OH excluding ortho intramolecular Hbond substituents is 1. The zero-order valence-corrected chi connectivity index (χ0v) is 10.7. The van der Waals surface area contributed by atoms with E-state index in [9.17, 15) is 9.90 Å². The number of aromatic hydroxyl groups is 1. The number of ether oxygens (including phenoxy) is 1. The summed E-state index contributed by atoms with van der Waals surface area (Å²) in [7, 11) is 0. The monoisotopic (exact) mass is 269 g/mol. The summed E-state index contributed by atoms with van der Waals surface area (Å²) in [6.07, 6.45) is 1.96. The Morgan fingerprint density at radius 2 is 2.39 bits per heavy atom. The number of hydrogen-bond donors (Lipinski definition) is 2. The van der Waals surface area contributed by atoms with Crippen molar-refractivity contribution in [1.82, 2.24) is 5.32 Å². The van der Waals surface area contributed by atoms with Crippen LogP contribution in [0, 0.1) is 5.92 Å². The van der Waals surface area contributed by atoms with Crippen LogP contribution >= 0.6 is 11.6 Å². The highest BCUT2D eigenvalue weighted by atomic mass is 35.5. The molecule has 1 atom stereocenters. The van der Waals surface area contributed by atoms with Crippen molar-refractivity contribution >= 4 is 17.5 Å². The minimum absolute atomic E-state index is 0.0359. The van der Waals surface area contributed by atoms with E-state index in [1.807, 2.05) is 0 Å². The van der Waals surface area contributed by atoms with Crippen molar-refractivity contribution in [3.05, 3.63) is 28.8 Å². The zero-order valence-electron chi connectivity index (χ0n) is 9.99. The van der Waals surface area contributed by atoms with Crippen LogP contribution in [-0.4, -0.2) is 30.8 Å². The molecule has 1 amide bonds. The molecule has 1 fully saturated rings. The molecule has 0 saturated carbocycles. The first-order valence-electron chi connectivity index (χ1n) is 6.01. The molecule has 2 N–H and O–H groups in total. The van der Waals surface area contributed by atoms with Crippen LogP contribution in [0.15, 0.2) is 18.2 Å². The maximum Gasteiger partial charge on any atom is 0.252 e. The highest BCUT2D eigenvalue weighted by Crippen LogP contribution is 2.21. The number of carbonyl (C=O) groups is 1. The van der Waals surface area contributed by atoms with Gasteiger partial charge in [0.1, 0.15) is 5.75 Å². The van der Waals surface area contributed by atoms with Crippen molar-refractivity contribution in [2.75, 3.05) is 19.8 Å². The van der Waals surface area contributed by atoms with Crippen LogP contribution < -0.4 is 5.32 Å². The lowest BCUT2D eigenvalue weighted by molar-refractivity contribution is 0.0950. The Bertz CT molecular complexity index is 430. The number of amides is 1. The van der Waals surface area contributed by atoms with Gasteiger partial charge in [-0.15, -0.1) is 0 Å². The smallest absolute Gasteiger partial charge is 0.252 e. The van der Waals surface area contributed by atoms with Crippen molar-refractivity contribution in [2.45, 2.75) is 12.8 Å². The van der Waals surface area contributed by atoms with Crippen LogP contribution in [0.1, 0.15) is 23.2 Å². The molecule has 1 aromatic rings. The fourth-order valence-electron chi connectivity index (χ4n) is 1.98. The Morgan fingerprint density at radius 1 is 1.56 bits per heavy atom. The van der Waals surface area contributed by atoms with Gasteiger partial charge in [0.05, 0.1) is 10.6 Å². The summed E-state index contributed by atoms with van der Waals surface area (Å²) in [5.74, 6) is 0.313. The van der Waals surface area contributed by atoms with Gasteiger partial charge >= 0.3 is 0 Å². The van der Waals surface area contributed by atoms with Gasteiger partial charge in [0.2, 0.25) is 0 Å². The minimum Gasteiger partial charge on any atom is -0.508 e.